The van der Waals surface area contributed by atoms with Crippen molar-refractivity contribution in [1.29, 1.82) is 5.26 Å². The quantitative estimate of drug-likeness (QED) is 0.929. The minimum Gasteiger partial charge on any atom is -0.333 e. The van der Waals surface area contributed by atoms with Crippen molar-refractivity contribution in [2.24, 2.45) is 0 Å². The lowest BCUT2D eigenvalue weighted by Gasteiger charge is -2.22. The van der Waals surface area contributed by atoms with E-state index in [1.54, 1.807) is 23.9 Å². The first kappa shape index (κ1) is 15.4. The van der Waals surface area contributed by atoms with Gasteiger partial charge in [-0.1, -0.05) is 0 Å². The molecule has 1 unspecified atom stereocenters. The molecule has 1 saturated heterocycles. The highest BCUT2D eigenvalue weighted by Crippen LogP contribution is 2.40. The Balaban J connectivity index is 1.77. The van der Waals surface area contributed by atoms with Gasteiger partial charge in [-0.05, 0) is 49.3 Å². The fourth-order valence-corrected chi connectivity index (χ4v) is 4.33. The summed E-state index contributed by atoms with van der Waals surface area (Å²) >= 11 is 1.66. The first-order valence-corrected chi connectivity index (χ1v) is 9.17. The normalized spacial score (nSPS) is 23.2. The van der Waals surface area contributed by atoms with Crippen LogP contribution in [0, 0.1) is 17.1 Å². The van der Waals surface area contributed by atoms with Crippen LogP contribution in [0.25, 0.3) is 10.9 Å². The molecule has 2 heterocycles. The number of halogens is 1. The number of nitrogens with one attached hydrogen (secondary N) is 1. The number of pyridine rings is 1. The molecule has 4 rings (SSSR count). The van der Waals surface area contributed by atoms with Gasteiger partial charge in [0.25, 0.3) is 5.91 Å². The van der Waals surface area contributed by atoms with Gasteiger partial charge in [-0.3, -0.25) is 9.78 Å². The van der Waals surface area contributed by atoms with Gasteiger partial charge in [0, 0.05) is 22.8 Å². The van der Waals surface area contributed by atoms with Crippen molar-refractivity contribution < 1.29 is 9.18 Å². The zero-order valence-corrected chi connectivity index (χ0v) is 13.8. The maximum absolute atomic E-state index is 13.7. The van der Waals surface area contributed by atoms with Crippen LogP contribution in [-0.4, -0.2) is 27.9 Å². The van der Waals surface area contributed by atoms with Crippen LogP contribution >= 0.6 is 11.8 Å². The molecule has 1 aliphatic heterocycles. The number of amides is 1. The zero-order chi connectivity index (χ0) is 16.7. The summed E-state index contributed by atoms with van der Waals surface area (Å²) in [5.41, 5.74) is 1.08. The molecule has 122 valence electrons. The van der Waals surface area contributed by atoms with Crippen LogP contribution in [0.1, 0.15) is 41.2 Å². The number of nitrogens with zero attached hydrogens (tertiary/aromatic N) is 2. The van der Waals surface area contributed by atoms with E-state index in [2.05, 4.69) is 16.4 Å². The topological polar surface area (TPSA) is 65.8 Å². The fourth-order valence-electron chi connectivity index (χ4n) is 3.06. The minimum atomic E-state index is -0.829. The van der Waals surface area contributed by atoms with Crippen LogP contribution in [0.15, 0.2) is 24.3 Å². The van der Waals surface area contributed by atoms with Crippen molar-refractivity contribution in [3.8, 4) is 6.07 Å². The number of rotatable bonds is 3. The molecule has 1 aliphatic carbocycles. The highest BCUT2D eigenvalue weighted by Gasteiger charge is 2.37. The first-order chi connectivity index (χ1) is 11.6. The van der Waals surface area contributed by atoms with Crippen LogP contribution < -0.4 is 5.32 Å². The minimum absolute atomic E-state index is 0.320. The van der Waals surface area contributed by atoms with E-state index < -0.39 is 11.4 Å². The van der Waals surface area contributed by atoms with E-state index in [-0.39, 0.29) is 5.91 Å². The van der Waals surface area contributed by atoms with Crippen LogP contribution in [0.4, 0.5) is 4.39 Å². The van der Waals surface area contributed by atoms with E-state index in [0.29, 0.717) is 34.6 Å². The van der Waals surface area contributed by atoms with E-state index in [4.69, 9.17) is 0 Å². The average molecular weight is 341 g/mol. The lowest BCUT2D eigenvalue weighted by atomic mass is 9.99. The van der Waals surface area contributed by atoms with Gasteiger partial charge in [0.15, 0.2) is 0 Å². The monoisotopic (exact) mass is 341 g/mol. The molecular weight excluding hydrogens is 325 g/mol. The predicted molar refractivity (Wildman–Crippen MR) is 91.4 cm³/mol. The van der Waals surface area contributed by atoms with Gasteiger partial charge in [-0.15, -0.1) is 0 Å². The molecular formula is C18H16FN3OS. The Kier molecular flexibility index (Phi) is 3.69. The molecule has 1 amide bonds. The molecule has 4 nitrogen and oxygen atoms in total. The summed E-state index contributed by atoms with van der Waals surface area (Å²) < 4.78 is 13.7. The third-order valence-corrected chi connectivity index (χ3v) is 5.81. The smallest absolute Gasteiger partial charge is 0.253 e. The number of thioether (sulfide) groups is 1. The second-order valence-corrected chi connectivity index (χ2v) is 7.59. The molecule has 1 atom stereocenters. The summed E-state index contributed by atoms with van der Waals surface area (Å²) in [5, 5.41) is 12.9. The van der Waals surface area contributed by atoms with Crippen molar-refractivity contribution in [2.75, 3.05) is 11.5 Å². The van der Waals surface area contributed by atoms with Gasteiger partial charge in [0.1, 0.15) is 11.4 Å². The zero-order valence-electron chi connectivity index (χ0n) is 13.0. The summed E-state index contributed by atoms with van der Waals surface area (Å²) in [6, 6.07) is 8.32. The molecule has 0 radical (unpaired) electrons. The summed E-state index contributed by atoms with van der Waals surface area (Å²) in [5.74, 6) is 1.11. The van der Waals surface area contributed by atoms with Crippen molar-refractivity contribution in [2.45, 2.75) is 30.7 Å². The summed E-state index contributed by atoms with van der Waals surface area (Å²) in [6.45, 7) is 0. The molecule has 2 fully saturated rings. The van der Waals surface area contributed by atoms with Gasteiger partial charge < -0.3 is 5.32 Å². The largest absolute Gasteiger partial charge is 0.333 e. The number of fused-ring (bicyclic) bond motifs is 1. The second-order valence-electron chi connectivity index (χ2n) is 6.48. The molecule has 1 N–H and O–H groups in total. The summed E-state index contributed by atoms with van der Waals surface area (Å²) in [7, 11) is 0. The van der Waals surface area contributed by atoms with Crippen molar-refractivity contribution in [3.63, 3.8) is 0 Å². The second kappa shape index (κ2) is 5.75. The summed E-state index contributed by atoms with van der Waals surface area (Å²) in [4.78, 5) is 17.4. The van der Waals surface area contributed by atoms with Crippen LogP contribution in [0.3, 0.4) is 0 Å². The fraction of sp³-hybridized carbons (Fsp3) is 0.389. The number of hydrogen-bond donors (Lipinski definition) is 1. The van der Waals surface area contributed by atoms with Crippen molar-refractivity contribution >= 4 is 28.6 Å². The maximum atomic E-state index is 13.7. The predicted octanol–water partition coefficient (Wildman–Crippen LogP) is 3.38. The van der Waals surface area contributed by atoms with Gasteiger partial charge in [0.05, 0.1) is 17.1 Å². The molecule has 24 heavy (non-hydrogen) atoms. The van der Waals surface area contributed by atoms with Gasteiger partial charge >= 0.3 is 0 Å². The summed E-state index contributed by atoms with van der Waals surface area (Å²) in [6.07, 6.45) is 2.77. The lowest BCUT2D eigenvalue weighted by molar-refractivity contribution is 0.0927. The number of hydrogen-bond acceptors (Lipinski definition) is 4. The van der Waals surface area contributed by atoms with E-state index in [1.165, 1.54) is 12.1 Å². The number of nitriles is 1. The first-order valence-electron chi connectivity index (χ1n) is 8.02. The Morgan fingerprint density at radius 1 is 1.42 bits per heavy atom. The average Bonchev–Trinajstić information content (AvgIpc) is 3.34. The molecule has 2 aromatic rings. The molecule has 6 heteroatoms. The van der Waals surface area contributed by atoms with Gasteiger partial charge in [-0.25, -0.2) is 4.39 Å². The molecule has 2 aliphatic rings. The Bertz CT molecular complexity index is 866. The molecule has 1 aromatic heterocycles. The standard InChI is InChI=1S/C18H16FN3OS/c19-12-3-4-15-13(7-12)14(8-16(21-15)11-1-2-11)17(23)22-18(9-20)5-6-24-10-18/h3-4,7-8,11H,1-2,5-6,10H2,(H,22,23). The highest BCUT2D eigenvalue weighted by molar-refractivity contribution is 7.99. The SMILES string of the molecule is N#CC1(NC(=O)c2cc(C3CC3)nc3ccc(F)cc23)CCSC1. The molecule has 0 bridgehead atoms. The van der Waals surface area contributed by atoms with E-state index in [9.17, 15) is 14.4 Å². The Morgan fingerprint density at radius 2 is 2.25 bits per heavy atom. The van der Waals surface area contributed by atoms with Crippen molar-refractivity contribution in [1.82, 2.24) is 10.3 Å². The Labute approximate surface area is 143 Å². The third kappa shape index (κ3) is 2.73. The van der Waals surface area contributed by atoms with Crippen LogP contribution in [0.2, 0.25) is 0 Å². The lowest BCUT2D eigenvalue weighted by Crippen LogP contribution is -2.47. The Morgan fingerprint density at radius 3 is 2.92 bits per heavy atom. The van der Waals surface area contributed by atoms with E-state index in [1.807, 2.05) is 0 Å². The number of carbonyl (C=O) groups is 1. The van der Waals surface area contributed by atoms with E-state index >= 15 is 0 Å². The molecule has 0 spiro atoms. The van der Waals surface area contributed by atoms with Gasteiger partial charge in [0.2, 0.25) is 0 Å². The number of benzene rings is 1. The number of aromatic nitrogens is 1. The van der Waals surface area contributed by atoms with E-state index in [0.717, 1.165) is 24.3 Å². The Hall–Kier alpha value is -2.13. The molecule has 1 saturated carbocycles. The van der Waals surface area contributed by atoms with Crippen LogP contribution in [0.5, 0.6) is 0 Å². The van der Waals surface area contributed by atoms with Crippen molar-refractivity contribution in [3.05, 3.63) is 41.3 Å². The third-order valence-electron chi connectivity index (χ3n) is 4.62. The molecule has 1 aromatic carbocycles. The number of carbonyl (C=O) groups excluding carboxylic acids is 1. The van der Waals surface area contributed by atoms with Gasteiger partial charge in [-0.2, -0.15) is 17.0 Å². The van der Waals surface area contributed by atoms with Crippen LogP contribution in [-0.2, 0) is 0 Å². The highest BCUT2D eigenvalue weighted by atomic mass is 32.2. The maximum Gasteiger partial charge on any atom is 0.253 e.